The number of halogens is 1. The molecule has 2 heteroatoms. The summed E-state index contributed by atoms with van der Waals surface area (Å²) in [7, 11) is 0. The van der Waals surface area contributed by atoms with Crippen LogP contribution in [0.4, 0.5) is 0 Å². The predicted molar refractivity (Wildman–Crippen MR) is 92.4 cm³/mol. The van der Waals surface area contributed by atoms with E-state index in [0.29, 0.717) is 22.3 Å². The molecule has 0 aromatic heterocycles. The molecule has 21 heavy (non-hydrogen) atoms. The van der Waals surface area contributed by atoms with Gasteiger partial charge in [-0.15, -0.1) is 0 Å². The third-order valence-electron chi connectivity index (χ3n) is 5.81. The maximum atomic E-state index is 6.35. The fourth-order valence-corrected chi connectivity index (χ4v) is 5.08. The number of alkyl halides is 1. The third-order valence-corrected chi connectivity index (χ3v) is 7.10. The van der Waals surface area contributed by atoms with Crippen molar-refractivity contribution in [3.8, 4) is 5.75 Å². The highest BCUT2D eigenvalue weighted by atomic mass is 79.9. The average Bonchev–Trinajstić information content (AvgIpc) is 2.55. The summed E-state index contributed by atoms with van der Waals surface area (Å²) in [5.41, 5.74) is 1.83. The molecule has 0 bridgehead atoms. The molecule has 1 aromatic rings. The molecule has 0 heterocycles. The first kappa shape index (κ1) is 15.4. The van der Waals surface area contributed by atoms with Crippen LogP contribution in [0.3, 0.4) is 0 Å². The minimum Gasteiger partial charge on any atom is -0.490 e. The molecule has 0 radical (unpaired) electrons. The number of ether oxygens (including phenoxy) is 1. The molecule has 3 unspecified atom stereocenters. The van der Waals surface area contributed by atoms with E-state index >= 15 is 0 Å². The van der Waals surface area contributed by atoms with Crippen molar-refractivity contribution in [1.82, 2.24) is 0 Å². The van der Waals surface area contributed by atoms with Gasteiger partial charge in [-0.25, -0.2) is 0 Å². The molecular weight excluding hydrogens is 324 g/mol. The Bertz CT molecular complexity index is 461. The standard InChI is InChI=1S/C19H27BrO/c1-3-14(2)15-7-9-16(10-8-15)21-18-13-17(20)19(18)11-5-4-6-12-19/h7-10,14,17-18H,3-6,11-13H2,1-2H3. The van der Waals surface area contributed by atoms with Crippen molar-refractivity contribution in [2.75, 3.05) is 0 Å². The lowest BCUT2D eigenvalue weighted by molar-refractivity contribution is -0.0601. The van der Waals surface area contributed by atoms with Gasteiger partial charge in [0.25, 0.3) is 0 Å². The van der Waals surface area contributed by atoms with Gasteiger partial charge in [0.05, 0.1) is 0 Å². The van der Waals surface area contributed by atoms with Gasteiger partial charge in [0.2, 0.25) is 0 Å². The first-order valence-electron chi connectivity index (χ1n) is 8.56. The molecule has 3 atom stereocenters. The van der Waals surface area contributed by atoms with E-state index in [1.807, 2.05) is 0 Å². The molecule has 116 valence electrons. The fraction of sp³-hybridized carbons (Fsp3) is 0.684. The van der Waals surface area contributed by atoms with Crippen molar-refractivity contribution in [3.63, 3.8) is 0 Å². The Morgan fingerprint density at radius 3 is 2.43 bits per heavy atom. The van der Waals surface area contributed by atoms with Gasteiger partial charge >= 0.3 is 0 Å². The Hall–Kier alpha value is -0.500. The zero-order chi connectivity index (χ0) is 14.9. The van der Waals surface area contributed by atoms with Crippen molar-refractivity contribution < 1.29 is 4.74 Å². The van der Waals surface area contributed by atoms with E-state index in [2.05, 4.69) is 54.0 Å². The van der Waals surface area contributed by atoms with Gasteiger partial charge in [-0.1, -0.05) is 61.2 Å². The van der Waals surface area contributed by atoms with E-state index in [1.165, 1.54) is 44.1 Å². The molecule has 3 rings (SSSR count). The third kappa shape index (κ3) is 2.88. The first-order valence-corrected chi connectivity index (χ1v) is 9.48. The van der Waals surface area contributed by atoms with Crippen molar-refractivity contribution in [2.45, 2.75) is 75.6 Å². The SMILES string of the molecule is CCC(C)c1ccc(OC2CC(Br)C23CCCCC3)cc1. The molecule has 0 saturated heterocycles. The Morgan fingerprint density at radius 2 is 1.86 bits per heavy atom. The van der Waals surface area contributed by atoms with Crippen LogP contribution in [0.2, 0.25) is 0 Å². The zero-order valence-electron chi connectivity index (χ0n) is 13.3. The number of hydrogen-bond donors (Lipinski definition) is 0. The molecule has 2 saturated carbocycles. The van der Waals surface area contributed by atoms with Crippen molar-refractivity contribution in [2.24, 2.45) is 5.41 Å². The molecule has 1 nitrogen and oxygen atoms in total. The first-order chi connectivity index (χ1) is 10.2. The second-order valence-electron chi connectivity index (χ2n) is 6.98. The van der Waals surface area contributed by atoms with Gasteiger partial charge in [-0.3, -0.25) is 0 Å². The Kier molecular flexibility index (Phi) is 4.63. The topological polar surface area (TPSA) is 9.23 Å². The predicted octanol–water partition coefficient (Wildman–Crippen LogP) is 6.07. The Balaban J connectivity index is 1.66. The summed E-state index contributed by atoms with van der Waals surface area (Å²) < 4.78 is 6.35. The molecule has 0 aliphatic heterocycles. The van der Waals surface area contributed by atoms with Crippen molar-refractivity contribution in [1.29, 1.82) is 0 Å². The van der Waals surface area contributed by atoms with Crippen LogP contribution >= 0.6 is 15.9 Å². The zero-order valence-corrected chi connectivity index (χ0v) is 14.9. The van der Waals surface area contributed by atoms with E-state index in [9.17, 15) is 0 Å². The highest BCUT2D eigenvalue weighted by Gasteiger charge is 2.55. The fourth-order valence-electron chi connectivity index (χ4n) is 3.98. The largest absolute Gasteiger partial charge is 0.490 e. The van der Waals surface area contributed by atoms with E-state index in [0.717, 1.165) is 12.2 Å². The minimum absolute atomic E-state index is 0.410. The van der Waals surface area contributed by atoms with E-state index in [1.54, 1.807) is 0 Å². The molecule has 0 amide bonds. The molecule has 0 N–H and O–H groups in total. The number of benzene rings is 1. The monoisotopic (exact) mass is 350 g/mol. The normalized spacial score (nSPS) is 28.9. The van der Waals surface area contributed by atoms with Crippen LogP contribution in [0.15, 0.2) is 24.3 Å². The molecule has 1 aromatic carbocycles. The number of hydrogen-bond acceptors (Lipinski definition) is 1. The van der Waals surface area contributed by atoms with Crippen LogP contribution in [0, 0.1) is 5.41 Å². The smallest absolute Gasteiger partial charge is 0.119 e. The summed E-state index contributed by atoms with van der Waals surface area (Å²) in [5, 5.41) is 0. The van der Waals surface area contributed by atoms with E-state index in [-0.39, 0.29) is 0 Å². The van der Waals surface area contributed by atoms with Crippen LogP contribution in [0.1, 0.15) is 70.3 Å². The van der Waals surface area contributed by atoms with Gasteiger partial charge in [-0.05, 0) is 49.3 Å². The molecule has 1 spiro atoms. The summed E-state index contributed by atoms with van der Waals surface area (Å²) in [6.07, 6.45) is 9.57. The molecule has 2 fully saturated rings. The van der Waals surface area contributed by atoms with Gasteiger partial charge in [0.15, 0.2) is 0 Å². The quantitative estimate of drug-likeness (QED) is 0.599. The summed E-state index contributed by atoms with van der Waals surface area (Å²) in [5.74, 6) is 1.69. The maximum Gasteiger partial charge on any atom is 0.119 e. The lowest BCUT2D eigenvalue weighted by Gasteiger charge is -2.55. The second kappa shape index (κ2) is 6.32. The van der Waals surface area contributed by atoms with Crippen molar-refractivity contribution >= 4 is 15.9 Å². The van der Waals surface area contributed by atoms with Gasteiger partial charge in [0.1, 0.15) is 11.9 Å². The van der Waals surface area contributed by atoms with Gasteiger partial charge in [0, 0.05) is 10.2 Å². The average molecular weight is 351 g/mol. The minimum atomic E-state index is 0.410. The maximum absolute atomic E-state index is 6.35. The lowest BCUT2D eigenvalue weighted by atomic mass is 9.58. The van der Waals surface area contributed by atoms with E-state index < -0.39 is 0 Å². The van der Waals surface area contributed by atoms with Crippen LogP contribution in [0.25, 0.3) is 0 Å². The summed E-state index contributed by atoms with van der Waals surface area (Å²) in [6.45, 7) is 4.53. The highest BCUT2D eigenvalue weighted by Crippen LogP contribution is 2.56. The molecular formula is C19H27BrO. The Morgan fingerprint density at radius 1 is 1.19 bits per heavy atom. The van der Waals surface area contributed by atoms with Gasteiger partial charge in [-0.2, -0.15) is 0 Å². The van der Waals surface area contributed by atoms with Crippen LogP contribution < -0.4 is 4.74 Å². The molecule has 2 aliphatic rings. The Labute approximate surface area is 137 Å². The van der Waals surface area contributed by atoms with Crippen LogP contribution in [-0.4, -0.2) is 10.9 Å². The van der Waals surface area contributed by atoms with E-state index in [4.69, 9.17) is 4.74 Å². The summed E-state index contributed by atoms with van der Waals surface area (Å²) in [4.78, 5) is 0.662. The summed E-state index contributed by atoms with van der Waals surface area (Å²) >= 11 is 3.89. The van der Waals surface area contributed by atoms with Crippen molar-refractivity contribution in [3.05, 3.63) is 29.8 Å². The lowest BCUT2D eigenvalue weighted by Crippen LogP contribution is -2.57. The second-order valence-corrected chi connectivity index (χ2v) is 8.09. The van der Waals surface area contributed by atoms with Crippen LogP contribution in [-0.2, 0) is 0 Å². The number of rotatable bonds is 4. The highest BCUT2D eigenvalue weighted by molar-refractivity contribution is 9.09. The van der Waals surface area contributed by atoms with Crippen LogP contribution in [0.5, 0.6) is 5.75 Å². The summed E-state index contributed by atoms with van der Waals surface area (Å²) in [6, 6.07) is 8.81. The molecule has 2 aliphatic carbocycles. The van der Waals surface area contributed by atoms with Gasteiger partial charge < -0.3 is 4.74 Å².